The first-order valence-corrected chi connectivity index (χ1v) is 8.59. The molecule has 0 unspecified atom stereocenters. The standard InChI is InChI=1S/C17H17IN2O3/c18-14-4-1-5-15(9-14)19-16(21)12-3-2-7-20(10-12)17(22)13-6-8-23-11-13/h1,4-6,8-9,11-12H,2-3,7,10H2,(H,19,21)/t12-/m0/s1. The maximum Gasteiger partial charge on any atom is 0.257 e. The summed E-state index contributed by atoms with van der Waals surface area (Å²) in [6.07, 6.45) is 4.55. The van der Waals surface area contributed by atoms with Crippen LogP contribution in [0.25, 0.3) is 0 Å². The Labute approximate surface area is 148 Å². The molecule has 1 N–H and O–H groups in total. The summed E-state index contributed by atoms with van der Waals surface area (Å²) < 4.78 is 6.03. The third-order valence-corrected chi connectivity index (χ3v) is 4.61. The van der Waals surface area contributed by atoms with Gasteiger partial charge in [0.05, 0.1) is 17.7 Å². The van der Waals surface area contributed by atoms with E-state index in [2.05, 4.69) is 27.9 Å². The van der Waals surface area contributed by atoms with Gasteiger partial charge in [-0.3, -0.25) is 9.59 Å². The second kappa shape index (κ2) is 7.16. The summed E-state index contributed by atoms with van der Waals surface area (Å²) >= 11 is 2.21. The number of piperidine rings is 1. The molecule has 1 aromatic heterocycles. The molecule has 3 rings (SSSR count). The summed E-state index contributed by atoms with van der Waals surface area (Å²) in [5, 5.41) is 2.95. The van der Waals surface area contributed by atoms with Crippen LogP contribution >= 0.6 is 22.6 Å². The van der Waals surface area contributed by atoms with Gasteiger partial charge in [0, 0.05) is 22.3 Å². The molecule has 1 fully saturated rings. The van der Waals surface area contributed by atoms with Crippen LogP contribution in [0.5, 0.6) is 0 Å². The fraction of sp³-hybridized carbons (Fsp3) is 0.294. The van der Waals surface area contributed by atoms with Crippen LogP contribution in [0.3, 0.4) is 0 Å². The lowest BCUT2D eigenvalue weighted by Gasteiger charge is -2.31. The summed E-state index contributed by atoms with van der Waals surface area (Å²) in [6, 6.07) is 9.33. The molecule has 1 atom stereocenters. The van der Waals surface area contributed by atoms with E-state index in [0.717, 1.165) is 22.1 Å². The highest BCUT2D eigenvalue weighted by Gasteiger charge is 2.29. The Morgan fingerprint density at radius 1 is 1.30 bits per heavy atom. The van der Waals surface area contributed by atoms with Crippen LogP contribution in [-0.4, -0.2) is 29.8 Å². The Morgan fingerprint density at radius 2 is 2.17 bits per heavy atom. The molecule has 1 saturated heterocycles. The van der Waals surface area contributed by atoms with E-state index in [9.17, 15) is 9.59 Å². The molecule has 0 bridgehead atoms. The molecule has 1 aromatic carbocycles. The first kappa shape index (κ1) is 16.0. The lowest BCUT2D eigenvalue weighted by atomic mass is 9.96. The third kappa shape index (κ3) is 3.93. The zero-order valence-corrected chi connectivity index (χ0v) is 14.7. The van der Waals surface area contributed by atoms with E-state index in [4.69, 9.17) is 4.42 Å². The summed E-state index contributed by atoms with van der Waals surface area (Å²) in [7, 11) is 0. The van der Waals surface area contributed by atoms with Gasteiger partial charge in [0.2, 0.25) is 5.91 Å². The highest BCUT2D eigenvalue weighted by atomic mass is 127. The molecular formula is C17H17IN2O3. The summed E-state index contributed by atoms with van der Waals surface area (Å²) in [4.78, 5) is 26.6. The van der Waals surface area contributed by atoms with Crippen LogP contribution in [0.2, 0.25) is 0 Å². The number of furan rings is 1. The summed E-state index contributed by atoms with van der Waals surface area (Å²) in [6.45, 7) is 1.12. The second-order valence-electron chi connectivity index (χ2n) is 5.60. The van der Waals surface area contributed by atoms with Crippen LogP contribution in [-0.2, 0) is 4.79 Å². The van der Waals surface area contributed by atoms with Gasteiger partial charge in [-0.15, -0.1) is 0 Å². The van der Waals surface area contributed by atoms with Crippen molar-refractivity contribution in [1.29, 1.82) is 0 Å². The van der Waals surface area contributed by atoms with Gasteiger partial charge < -0.3 is 14.6 Å². The number of nitrogens with one attached hydrogen (secondary N) is 1. The minimum Gasteiger partial charge on any atom is -0.472 e. The van der Waals surface area contributed by atoms with Crippen molar-refractivity contribution in [2.45, 2.75) is 12.8 Å². The van der Waals surface area contributed by atoms with E-state index in [0.29, 0.717) is 18.7 Å². The Hall–Kier alpha value is -1.83. The van der Waals surface area contributed by atoms with Crippen molar-refractivity contribution < 1.29 is 14.0 Å². The number of rotatable bonds is 3. The van der Waals surface area contributed by atoms with Crippen molar-refractivity contribution in [3.05, 3.63) is 52.0 Å². The minimum atomic E-state index is -0.183. The molecule has 5 nitrogen and oxygen atoms in total. The quantitative estimate of drug-likeness (QED) is 0.769. The maximum absolute atomic E-state index is 12.5. The molecule has 0 saturated carbocycles. The normalized spacial score (nSPS) is 17.8. The van der Waals surface area contributed by atoms with Crippen LogP contribution < -0.4 is 5.32 Å². The van der Waals surface area contributed by atoms with Crippen LogP contribution in [0.15, 0.2) is 47.3 Å². The highest BCUT2D eigenvalue weighted by molar-refractivity contribution is 14.1. The predicted octanol–water partition coefficient (Wildman–Crippen LogP) is 3.38. The molecule has 6 heteroatoms. The predicted molar refractivity (Wildman–Crippen MR) is 95.1 cm³/mol. The number of benzene rings is 1. The molecule has 2 heterocycles. The number of hydrogen-bond donors (Lipinski definition) is 1. The van der Waals surface area contributed by atoms with Gasteiger partial charge in [-0.05, 0) is 59.7 Å². The van der Waals surface area contributed by atoms with Gasteiger partial charge in [-0.2, -0.15) is 0 Å². The zero-order valence-electron chi connectivity index (χ0n) is 12.5. The minimum absolute atomic E-state index is 0.0308. The number of anilines is 1. The largest absolute Gasteiger partial charge is 0.472 e. The molecule has 0 aliphatic carbocycles. The van der Waals surface area contributed by atoms with E-state index in [1.807, 2.05) is 24.3 Å². The molecule has 0 radical (unpaired) electrons. The van der Waals surface area contributed by atoms with Gasteiger partial charge in [-0.1, -0.05) is 6.07 Å². The topological polar surface area (TPSA) is 62.6 Å². The molecule has 1 aliphatic heterocycles. The maximum atomic E-state index is 12.5. The summed E-state index contributed by atoms with van der Waals surface area (Å²) in [5.41, 5.74) is 1.32. The average Bonchev–Trinajstić information content (AvgIpc) is 3.09. The third-order valence-electron chi connectivity index (χ3n) is 3.94. The Bertz CT molecular complexity index is 700. The van der Waals surface area contributed by atoms with Crippen molar-refractivity contribution in [3.8, 4) is 0 Å². The monoisotopic (exact) mass is 424 g/mol. The van der Waals surface area contributed by atoms with Crippen LogP contribution in [0.1, 0.15) is 23.2 Å². The van der Waals surface area contributed by atoms with Gasteiger partial charge >= 0.3 is 0 Å². The first-order chi connectivity index (χ1) is 11.1. The Balaban J connectivity index is 1.64. The highest BCUT2D eigenvalue weighted by Crippen LogP contribution is 2.21. The van der Waals surface area contributed by atoms with Crippen LogP contribution in [0, 0.1) is 9.49 Å². The smallest absolute Gasteiger partial charge is 0.257 e. The van der Waals surface area contributed by atoms with Crippen molar-refractivity contribution in [1.82, 2.24) is 4.90 Å². The number of carbonyl (C=O) groups excluding carboxylic acids is 2. The van der Waals surface area contributed by atoms with Gasteiger partial charge in [-0.25, -0.2) is 0 Å². The zero-order chi connectivity index (χ0) is 16.2. The van der Waals surface area contributed by atoms with Crippen molar-refractivity contribution >= 4 is 40.1 Å². The number of halogens is 1. The SMILES string of the molecule is O=C(Nc1cccc(I)c1)[C@H]1CCCN(C(=O)c2ccoc2)C1. The molecule has 1 aliphatic rings. The number of nitrogens with zero attached hydrogens (tertiary/aromatic N) is 1. The number of likely N-dealkylation sites (tertiary alicyclic amines) is 1. The molecule has 23 heavy (non-hydrogen) atoms. The first-order valence-electron chi connectivity index (χ1n) is 7.51. The van der Waals surface area contributed by atoms with Gasteiger partial charge in [0.25, 0.3) is 5.91 Å². The lowest BCUT2D eigenvalue weighted by molar-refractivity contribution is -0.121. The van der Waals surface area contributed by atoms with Crippen molar-refractivity contribution in [2.24, 2.45) is 5.92 Å². The lowest BCUT2D eigenvalue weighted by Crippen LogP contribution is -2.43. The molecule has 120 valence electrons. The molecule has 2 amide bonds. The molecule has 2 aromatic rings. The van der Waals surface area contributed by atoms with Gasteiger partial charge in [0.15, 0.2) is 0 Å². The van der Waals surface area contributed by atoms with Crippen LogP contribution in [0.4, 0.5) is 5.69 Å². The fourth-order valence-corrected chi connectivity index (χ4v) is 3.30. The second-order valence-corrected chi connectivity index (χ2v) is 6.85. The fourth-order valence-electron chi connectivity index (χ4n) is 2.75. The molecule has 0 spiro atoms. The Kier molecular flexibility index (Phi) is 5.00. The van der Waals surface area contributed by atoms with Gasteiger partial charge in [0.1, 0.15) is 6.26 Å². The van der Waals surface area contributed by atoms with Crippen molar-refractivity contribution in [3.63, 3.8) is 0 Å². The van der Waals surface area contributed by atoms with E-state index in [1.54, 1.807) is 11.0 Å². The average molecular weight is 424 g/mol. The number of amides is 2. The van der Waals surface area contributed by atoms with E-state index in [1.165, 1.54) is 12.5 Å². The number of hydrogen-bond acceptors (Lipinski definition) is 3. The summed E-state index contributed by atoms with van der Waals surface area (Å²) in [5.74, 6) is -0.292. The number of carbonyl (C=O) groups is 2. The van der Waals surface area contributed by atoms with E-state index < -0.39 is 0 Å². The van der Waals surface area contributed by atoms with E-state index >= 15 is 0 Å². The van der Waals surface area contributed by atoms with Crippen molar-refractivity contribution in [2.75, 3.05) is 18.4 Å². The molecular weight excluding hydrogens is 407 g/mol. The van der Waals surface area contributed by atoms with E-state index in [-0.39, 0.29) is 17.7 Å². The Morgan fingerprint density at radius 3 is 2.91 bits per heavy atom.